The predicted molar refractivity (Wildman–Crippen MR) is 58.4 cm³/mol. The Morgan fingerprint density at radius 3 is 3.07 bits per heavy atom. The smallest absolute Gasteiger partial charge is 0.330 e. The van der Waals surface area contributed by atoms with Gasteiger partial charge in [-0.1, -0.05) is 30.8 Å². The first kappa shape index (κ1) is 9.97. The maximum Gasteiger partial charge on any atom is 0.330 e. The molecule has 0 heterocycles. The van der Waals surface area contributed by atoms with E-state index in [4.69, 9.17) is 4.74 Å². The van der Waals surface area contributed by atoms with Crippen molar-refractivity contribution >= 4 is 5.97 Å². The molecule has 15 heavy (non-hydrogen) atoms. The zero-order valence-corrected chi connectivity index (χ0v) is 8.61. The molecule has 0 spiro atoms. The van der Waals surface area contributed by atoms with Gasteiger partial charge in [0.2, 0.25) is 0 Å². The number of hydrogen-bond donors (Lipinski definition) is 0. The van der Waals surface area contributed by atoms with E-state index in [0.29, 0.717) is 0 Å². The van der Waals surface area contributed by atoms with Crippen LogP contribution >= 0.6 is 0 Å². The Morgan fingerprint density at radius 1 is 1.47 bits per heavy atom. The first-order chi connectivity index (χ1) is 7.31. The van der Waals surface area contributed by atoms with E-state index < -0.39 is 0 Å². The van der Waals surface area contributed by atoms with Crippen molar-refractivity contribution in [1.29, 1.82) is 0 Å². The summed E-state index contributed by atoms with van der Waals surface area (Å²) in [6.07, 6.45) is 4.21. The lowest BCUT2D eigenvalue weighted by Gasteiger charge is -2.24. The van der Waals surface area contributed by atoms with Crippen LogP contribution in [-0.4, -0.2) is 5.97 Å². The number of benzene rings is 1. The zero-order chi connectivity index (χ0) is 10.7. The summed E-state index contributed by atoms with van der Waals surface area (Å²) in [5.41, 5.74) is 2.45. The van der Waals surface area contributed by atoms with Crippen LogP contribution in [0.25, 0.3) is 0 Å². The number of esters is 1. The molecule has 2 heteroatoms. The zero-order valence-electron chi connectivity index (χ0n) is 8.61. The van der Waals surface area contributed by atoms with E-state index in [2.05, 4.69) is 12.6 Å². The van der Waals surface area contributed by atoms with Crippen molar-refractivity contribution in [3.05, 3.63) is 48.0 Å². The maximum atomic E-state index is 11.1. The average Bonchev–Trinajstić information content (AvgIpc) is 2.29. The summed E-state index contributed by atoms with van der Waals surface area (Å²) in [5, 5.41) is 0. The molecule has 0 bridgehead atoms. The van der Waals surface area contributed by atoms with Crippen molar-refractivity contribution in [2.24, 2.45) is 0 Å². The predicted octanol–water partition coefficient (Wildman–Crippen LogP) is 2.79. The van der Waals surface area contributed by atoms with Crippen LogP contribution in [0.4, 0.5) is 0 Å². The Bertz CT molecular complexity index is 382. The molecule has 1 unspecified atom stereocenters. The van der Waals surface area contributed by atoms with Crippen LogP contribution < -0.4 is 0 Å². The highest BCUT2D eigenvalue weighted by atomic mass is 16.5. The van der Waals surface area contributed by atoms with Crippen LogP contribution in [0, 0.1) is 0 Å². The molecular weight excluding hydrogens is 188 g/mol. The van der Waals surface area contributed by atoms with Gasteiger partial charge in [-0.05, 0) is 30.4 Å². The Kier molecular flexibility index (Phi) is 2.86. The summed E-state index contributed by atoms with van der Waals surface area (Å²) >= 11 is 0. The van der Waals surface area contributed by atoms with Gasteiger partial charge in [0.25, 0.3) is 0 Å². The molecule has 1 aliphatic rings. The summed E-state index contributed by atoms with van der Waals surface area (Å²) in [5.74, 6) is -0.336. The molecule has 0 amide bonds. The summed E-state index contributed by atoms with van der Waals surface area (Å²) in [6, 6.07) is 8.15. The SMILES string of the molecule is C=CC(=O)OC1CCCc2ccccc21. The van der Waals surface area contributed by atoms with Gasteiger partial charge in [0.05, 0.1) is 0 Å². The lowest BCUT2D eigenvalue weighted by atomic mass is 9.89. The van der Waals surface area contributed by atoms with E-state index in [-0.39, 0.29) is 12.1 Å². The van der Waals surface area contributed by atoms with E-state index in [9.17, 15) is 4.79 Å². The molecule has 2 nitrogen and oxygen atoms in total. The van der Waals surface area contributed by atoms with Gasteiger partial charge in [-0.2, -0.15) is 0 Å². The van der Waals surface area contributed by atoms with E-state index in [1.807, 2.05) is 18.2 Å². The number of carbonyl (C=O) groups excluding carboxylic acids is 1. The number of rotatable bonds is 2. The van der Waals surface area contributed by atoms with Crippen LogP contribution in [-0.2, 0) is 16.0 Å². The van der Waals surface area contributed by atoms with E-state index >= 15 is 0 Å². The minimum atomic E-state index is -0.336. The van der Waals surface area contributed by atoms with Gasteiger partial charge >= 0.3 is 5.97 Å². The van der Waals surface area contributed by atoms with Gasteiger partial charge in [0.1, 0.15) is 6.10 Å². The van der Waals surface area contributed by atoms with E-state index in [0.717, 1.165) is 24.8 Å². The first-order valence-electron chi connectivity index (χ1n) is 5.22. The van der Waals surface area contributed by atoms with E-state index in [1.165, 1.54) is 11.6 Å². The van der Waals surface area contributed by atoms with Crippen LogP contribution in [0.1, 0.15) is 30.1 Å². The summed E-state index contributed by atoms with van der Waals surface area (Å²) in [4.78, 5) is 11.1. The molecule has 0 aromatic heterocycles. The lowest BCUT2D eigenvalue weighted by Crippen LogP contribution is -2.15. The second-order valence-corrected chi connectivity index (χ2v) is 3.72. The average molecular weight is 202 g/mol. The fourth-order valence-corrected chi connectivity index (χ4v) is 2.02. The van der Waals surface area contributed by atoms with Gasteiger partial charge < -0.3 is 4.74 Å². The van der Waals surface area contributed by atoms with Crippen LogP contribution in [0.5, 0.6) is 0 Å². The molecular formula is C13H14O2. The third-order valence-corrected chi connectivity index (χ3v) is 2.74. The molecule has 1 aromatic carbocycles. The monoisotopic (exact) mass is 202 g/mol. The van der Waals surface area contributed by atoms with Crippen LogP contribution in [0.15, 0.2) is 36.9 Å². The highest BCUT2D eigenvalue weighted by molar-refractivity contribution is 5.81. The Labute approximate surface area is 89.6 Å². The molecule has 78 valence electrons. The molecule has 0 saturated carbocycles. The lowest BCUT2D eigenvalue weighted by molar-refractivity contribution is -0.144. The van der Waals surface area contributed by atoms with Gasteiger partial charge in [-0.3, -0.25) is 0 Å². The van der Waals surface area contributed by atoms with Crippen molar-refractivity contribution in [1.82, 2.24) is 0 Å². The first-order valence-corrected chi connectivity index (χ1v) is 5.22. The van der Waals surface area contributed by atoms with Gasteiger partial charge in [-0.25, -0.2) is 4.79 Å². The van der Waals surface area contributed by atoms with Crippen LogP contribution in [0.3, 0.4) is 0 Å². The Balaban J connectivity index is 2.22. The molecule has 0 fully saturated rings. The standard InChI is InChI=1S/C13H14O2/c1-2-13(14)15-12-9-5-7-10-6-3-4-8-11(10)12/h2-4,6,8,12H,1,5,7,9H2. The highest BCUT2D eigenvalue weighted by Gasteiger charge is 2.21. The minimum Gasteiger partial charge on any atom is -0.454 e. The maximum absolute atomic E-state index is 11.1. The van der Waals surface area contributed by atoms with Crippen LogP contribution in [0.2, 0.25) is 0 Å². The fourth-order valence-electron chi connectivity index (χ4n) is 2.02. The van der Waals surface area contributed by atoms with Gasteiger partial charge in [0, 0.05) is 6.08 Å². The largest absolute Gasteiger partial charge is 0.454 e. The minimum absolute atomic E-state index is 0.0829. The molecule has 0 N–H and O–H groups in total. The Morgan fingerprint density at radius 2 is 2.27 bits per heavy atom. The van der Waals surface area contributed by atoms with Crippen molar-refractivity contribution in [2.75, 3.05) is 0 Å². The molecule has 0 saturated heterocycles. The van der Waals surface area contributed by atoms with Crippen molar-refractivity contribution in [3.63, 3.8) is 0 Å². The van der Waals surface area contributed by atoms with Gasteiger partial charge in [-0.15, -0.1) is 0 Å². The molecule has 2 rings (SSSR count). The van der Waals surface area contributed by atoms with Gasteiger partial charge in [0.15, 0.2) is 0 Å². The molecule has 1 atom stereocenters. The highest BCUT2D eigenvalue weighted by Crippen LogP contribution is 2.32. The van der Waals surface area contributed by atoms with Crippen molar-refractivity contribution in [2.45, 2.75) is 25.4 Å². The number of hydrogen-bond acceptors (Lipinski definition) is 2. The summed E-state index contributed by atoms with van der Waals surface area (Å²) in [6.45, 7) is 3.41. The molecule has 0 aliphatic heterocycles. The normalized spacial score (nSPS) is 19.1. The number of aryl methyl sites for hydroxylation is 1. The fraction of sp³-hybridized carbons (Fsp3) is 0.308. The number of carbonyl (C=O) groups is 1. The van der Waals surface area contributed by atoms with E-state index in [1.54, 1.807) is 0 Å². The second-order valence-electron chi connectivity index (χ2n) is 3.72. The molecule has 1 aliphatic carbocycles. The number of ether oxygens (including phenoxy) is 1. The molecule has 0 radical (unpaired) electrons. The summed E-state index contributed by atoms with van der Waals surface area (Å²) < 4.78 is 5.31. The second kappa shape index (κ2) is 4.30. The quantitative estimate of drug-likeness (QED) is 0.544. The third-order valence-electron chi connectivity index (χ3n) is 2.74. The molecule has 1 aromatic rings. The number of fused-ring (bicyclic) bond motifs is 1. The third kappa shape index (κ3) is 2.09. The van der Waals surface area contributed by atoms with Crippen molar-refractivity contribution in [3.8, 4) is 0 Å². The topological polar surface area (TPSA) is 26.3 Å². The summed E-state index contributed by atoms with van der Waals surface area (Å²) in [7, 11) is 0. The van der Waals surface area contributed by atoms with Crippen molar-refractivity contribution < 1.29 is 9.53 Å². The Hall–Kier alpha value is -1.57.